The van der Waals surface area contributed by atoms with E-state index in [4.69, 9.17) is 0 Å². The van der Waals surface area contributed by atoms with Crippen molar-refractivity contribution in [3.63, 3.8) is 0 Å². The Labute approximate surface area is 153 Å². The van der Waals surface area contributed by atoms with E-state index in [0.717, 1.165) is 6.42 Å². The third-order valence-corrected chi connectivity index (χ3v) is 6.26. The Hall–Kier alpha value is -1.56. The van der Waals surface area contributed by atoms with E-state index in [0.29, 0.717) is 0 Å². The molecule has 25 heavy (non-hydrogen) atoms. The SMILES string of the molecule is c1ccc2c(c1)Cc1cc3c(cc1-2)CCCCCCCCCCCC3. The van der Waals surface area contributed by atoms with E-state index in [1.54, 1.807) is 16.7 Å². The molecule has 2 aromatic carbocycles. The lowest BCUT2D eigenvalue weighted by Gasteiger charge is -2.14. The Morgan fingerprint density at radius 2 is 1.00 bits per heavy atom. The van der Waals surface area contributed by atoms with Gasteiger partial charge in [-0.05, 0) is 65.5 Å². The molecule has 2 aromatic rings. The lowest BCUT2D eigenvalue weighted by molar-refractivity contribution is 0.546. The van der Waals surface area contributed by atoms with Gasteiger partial charge in [-0.15, -0.1) is 0 Å². The van der Waals surface area contributed by atoms with Gasteiger partial charge in [0, 0.05) is 0 Å². The first kappa shape index (κ1) is 16.9. The first-order chi connectivity index (χ1) is 12.4. The lowest BCUT2D eigenvalue weighted by atomic mass is 9.91. The molecule has 0 unspecified atom stereocenters. The fourth-order valence-corrected chi connectivity index (χ4v) is 4.79. The van der Waals surface area contributed by atoms with Gasteiger partial charge in [0.15, 0.2) is 0 Å². The third kappa shape index (κ3) is 4.00. The zero-order valence-electron chi connectivity index (χ0n) is 15.7. The number of rotatable bonds is 0. The van der Waals surface area contributed by atoms with Crippen molar-refractivity contribution in [1.82, 2.24) is 0 Å². The molecule has 0 spiro atoms. The molecule has 0 radical (unpaired) electrons. The van der Waals surface area contributed by atoms with E-state index in [2.05, 4.69) is 36.4 Å². The molecule has 0 nitrogen and oxygen atoms in total. The fraction of sp³-hybridized carbons (Fsp3) is 0.520. The molecule has 0 atom stereocenters. The molecule has 2 aliphatic rings. The molecular formula is C25H32. The van der Waals surface area contributed by atoms with Gasteiger partial charge in [0.1, 0.15) is 0 Å². The summed E-state index contributed by atoms with van der Waals surface area (Å²) in [6.07, 6.45) is 18.0. The molecule has 4 rings (SSSR count). The summed E-state index contributed by atoms with van der Waals surface area (Å²) in [5.41, 5.74) is 9.40. The first-order valence-electron chi connectivity index (χ1n) is 10.6. The minimum Gasteiger partial charge on any atom is -0.0619 e. The van der Waals surface area contributed by atoms with Crippen LogP contribution in [0, 0.1) is 0 Å². The maximum Gasteiger partial charge on any atom is -0.00134 e. The molecule has 0 heterocycles. The Kier molecular flexibility index (Phi) is 5.55. The molecule has 0 N–H and O–H groups in total. The van der Waals surface area contributed by atoms with E-state index in [9.17, 15) is 0 Å². The zero-order chi connectivity index (χ0) is 16.9. The maximum atomic E-state index is 2.57. The second kappa shape index (κ2) is 8.21. The summed E-state index contributed by atoms with van der Waals surface area (Å²) in [5.74, 6) is 0. The number of fused-ring (bicyclic) bond motifs is 4. The highest BCUT2D eigenvalue weighted by Crippen LogP contribution is 2.38. The summed E-state index contributed by atoms with van der Waals surface area (Å²) < 4.78 is 0. The van der Waals surface area contributed by atoms with E-state index >= 15 is 0 Å². The van der Waals surface area contributed by atoms with Crippen LogP contribution in [0.25, 0.3) is 11.1 Å². The van der Waals surface area contributed by atoms with Crippen molar-refractivity contribution >= 4 is 0 Å². The third-order valence-electron chi connectivity index (χ3n) is 6.26. The van der Waals surface area contributed by atoms with Crippen LogP contribution >= 0.6 is 0 Å². The van der Waals surface area contributed by atoms with Crippen LogP contribution in [0.4, 0.5) is 0 Å². The summed E-state index contributed by atoms with van der Waals surface area (Å²) >= 11 is 0. The summed E-state index contributed by atoms with van der Waals surface area (Å²) in [4.78, 5) is 0. The number of aryl methyl sites for hydroxylation is 2. The normalized spacial score (nSPS) is 18.7. The van der Waals surface area contributed by atoms with Gasteiger partial charge >= 0.3 is 0 Å². The molecule has 0 amide bonds. The lowest BCUT2D eigenvalue weighted by Crippen LogP contribution is -1.99. The van der Waals surface area contributed by atoms with Gasteiger partial charge < -0.3 is 0 Å². The van der Waals surface area contributed by atoms with Crippen LogP contribution in [0.2, 0.25) is 0 Å². The second-order valence-electron chi connectivity index (χ2n) is 8.15. The minimum atomic E-state index is 1.14. The van der Waals surface area contributed by atoms with Crippen molar-refractivity contribution in [3.05, 3.63) is 58.7 Å². The highest BCUT2D eigenvalue weighted by molar-refractivity contribution is 5.77. The van der Waals surface area contributed by atoms with Crippen molar-refractivity contribution in [2.75, 3.05) is 0 Å². The van der Waals surface area contributed by atoms with Crippen LogP contribution in [0.5, 0.6) is 0 Å². The molecular weight excluding hydrogens is 300 g/mol. The van der Waals surface area contributed by atoms with Crippen molar-refractivity contribution in [2.24, 2.45) is 0 Å². The quantitative estimate of drug-likeness (QED) is 0.406. The van der Waals surface area contributed by atoms with Crippen LogP contribution < -0.4 is 0 Å². The van der Waals surface area contributed by atoms with E-state index < -0.39 is 0 Å². The first-order valence-corrected chi connectivity index (χ1v) is 10.6. The fourth-order valence-electron chi connectivity index (χ4n) is 4.79. The standard InChI is InChI=1S/C25H32/c1-2-4-6-8-10-14-21-19-25-23(17-20(21)13-9-7-5-3-1)18-22-15-11-12-16-24(22)25/h11-12,15-17,19H,1-10,13-14,18H2. The highest BCUT2D eigenvalue weighted by atomic mass is 14.2. The molecule has 0 aromatic heterocycles. The van der Waals surface area contributed by atoms with Gasteiger partial charge in [0.25, 0.3) is 0 Å². The van der Waals surface area contributed by atoms with Crippen molar-refractivity contribution in [2.45, 2.75) is 83.5 Å². The Bertz CT molecular complexity index is 710. The zero-order valence-corrected chi connectivity index (χ0v) is 15.7. The van der Waals surface area contributed by atoms with Crippen LogP contribution in [0.3, 0.4) is 0 Å². The Morgan fingerprint density at radius 3 is 1.68 bits per heavy atom. The van der Waals surface area contributed by atoms with Crippen molar-refractivity contribution in [3.8, 4) is 11.1 Å². The van der Waals surface area contributed by atoms with E-state index in [-0.39, 0.29) is 0 Å². The minimum absolute atomic E-state index is 1.14. The van der Waals surface area contributed by atoms with Crippen LogP contribution in [-0.2, 0) is 19.3 Å². The smallest absolute Gasteiger partial charge is 0.00134 e. The average Bonchev–Trinajstić information content (AvgIpc) is 2.99. The van der Waals surface area contributed by atoms with Gasteiger partial charge in [0.05, 0.1) is 0 Å². The monoisotopic (exact) mass is 332 g/mol. The summed E-state index contributed by atoms with van der Waals surface area (Å²) in [6.45, 7) is 0. The van der Waals surface area contributed by atoms with Crippen LogP contribution in [-0.4, -0.2) is 0 Å². The molecule has 0 fully saturated rings. The van der Waals surface area contributed by atoms with E-state index in [1.807, 2.05) is 0 Å². The van der Waals surface area contributed by atoms with Crippen molar-refractivity contribution < 1.29 is 0 Å². The molecule has 2 aliphatic carbocycles. The number of hydrogen-bond acceptors (Lipinski definition) is 0. The highest BCUT2D eigenvalue weighted by Gasteiger charge is 2.20. The topological polar surface area (TPSA) is 0 Å². The molecule has 0 bridgehead atoms. The van der Waals surface area contributed by atoms with Gasteiger partial charge in [-0.25, -0.2) is 0 Å². The summed E-state index contributed by atoms with van der Waals surface area (Å²) in [5, 5.41) is 0. The van der Waals surface area contributed by atoms with Gasteiger partial charge in [0.2, 0.25) is 0 Å². The molecule has 0 saturated heterocycles. The molecule has 0 aliphatic heterocycles. The average molecular weight is 333 g/mol. The maximum absolute atomic E-state index is 2.57. The second-order valence-corrected chi connectivity index (χ2v) is 8.15. The largest absolute Gasteiger partial charge is 0.0619 e. The van der Waals surface area contributed by atoms with Gasteiger partial charge in [-0.2, -0.15) is 0 Å². The summed E-state index contributed by atoms with van der Waals surface area (Å²) in [7, 11) is 0. The van der Waals surface area contributed by atoms with Crippen molar-refractivity contribution in [1.29, 1.82) is 0 Å². The van der Waals surface area contributed by atoms with E-state index in [1.165, 1.54) is 93.7 Å². The molecule has 0 heteroatoms. The Morgan fingerprint density at radius 1 is 0.440 bits per heavy atom. The van der Waals surface area contributed by atoms with Gasteiger partial charge in [-0.3, -0.25) is 0 Å². The Balaban J connectivity index is 1.58. The predicted molar refractivity (Wildman–Crippen MR) is 108 cm³/mol. The number of hydrogen-bond donors (Lipinski definition) is 0. The summed E-state index contributed by atoms with van der Waals surface area (Å²) in [6, 6.07) is 14.1. The number of benzene rings is 2. The van der Waals surface area contributed by atoms with Gasteiger partial charge in [-0.1, -0.05) is 87.8 Å². The van der Waals surface area contributed by atoms with Crippen LogP contribution in [0.1, 0.15) is 86.5 Å². The van der Waals surface area contributed by atoms with Crippen LogP contribution in [0.15, 0.2) is 36.4 Å². The molecule has 0 saturated carbocycles. The molecule has 132 valence electrons. The predicted octanol–water partition coefficient (Wildman–Crippen LogP) is 7.26.